The molecular weight excluding hydrogens is 596 g/mol. The van der Waals surface area contributed by atoms with Gasteiger partial charge in [0.2, 0.25) is 0 Å². The van der Waals surface area contributed by atoms with E-state index in [9.17, 15) is 0 Å². The van der Waals surface area contributed by atoms with E-state index in [-0.39, 0.29) is 40.3 Å². The smallest absolute Gasteiger partial charge is 0.255 e. The topological polar surface area (TPSA) is 26.6 Å². The van der Waals surface area contributed by atoms with Crippen LogP contribution in [0.1, 0.15) is 13.7 Å². The highest BCUT2D eigenvalue weighted by Gasteiger charge is 2.25. The maximum absolute atomic E-state index is 8.94. The van der Waals surface area contributed by atoms with E-state index in [0.717, 1.165) is 38.8 Å². The molecule has 3 heterocycles. The molecule has 47 heavy (non-hydrogen) atoms. The van der Waals surface area contributed by atoms with E-state index in [1.807, 2.05) is 77.4 Å². The zero-order valence-electron chi connectivity index (χ0n) is 34.6. The molecule has 0 aliphatic carbocycles. The molecule has 0 bridgehead atoms. The van der Waals surface area contributed by atoms with Gasteiger partial charge in [-0.2, -0.15) is 9.13 Å². The molecule has 6 aromatic carbocycles. The molecule has 9 aromatic rings. The first-order chi connectivity index (χ1) is 27.0. The summed E-state index contributed by atoms with van der Waals surface area (Å²) in [5, 5.41) is 2.08. The van der Waals surface area contributed by atoms with Crippen LogP contribution in [-0.4, -0.2) is 14.1 Å². The van der Waals surface area contributed by atoms with E-state index in [0.29, 0.717) is 5.52 Å². The molecule has 3 aromatic heterocycles. The van der Waals surface area contributed by atoms with Crippen LogP contribution in [0.5, 0.6) is 0 Å². The van der Waals surface area contributed by atoms with Gasteiger partial charge in [0.25, 0.3) is 6.33 Å². The molecular formula is C42H29ClN4. The van der Waals surface area contributed by atoms with Crippen molar-refractivity contribution in [2.75, 3.05) is 0 Å². The van der Waals surface area contributed by atoms with Crippen LogP contribution in [0.2, 0.25) is 0 Å². The Bertz CT molecular complexity index is 2920. The number of benzene rings is 6. The summed E-state index contributed by atoms with van der Waals surface area (Å²) in [6.07, 6.45) is 3.57. The van der Waals surface area contributed by atoms with Gasteiger partial charge in [0.05, 0.1) is 24.9 Å². The van der Waals surface area contributed by atoms with E-state index < -0.39 is 60.4 Å². The Kier molecular flexibility index (Phi) is 4.88. The summed E-state index contributed by atoms with van der Waals surface area (Å²) in [6.45, 7) is 0. The van der Waals surface area contributed by atoms with Crippen LogP contribution in [0.4, 0.5) is 0 Å². The number of hydrogen-bond donors (Lipinski definition) is 0. The lowest BCUT2D eigenvalue weighted by atomic mass is 9.95. The minimum Gasteiger partial charge on any atom is -1.00 e. The van der Waals surface area contributed by atoms with Crippen LogP contribution in [0.3, 0.4) is 0 Å². The summed E-state index contributed by atoms with van der Waals surface area (Å²) in [5.74, 6) is 0. The summed E-state index contributed by atoms with van der Waals surface area (Å²) < 4.78 is 92.2. The van der Waals surface area contributed by atoms with Gasteiger partial charge in [-0.3, -0.25) is 4.57 Å². The normalized spacial score (nSPS) is 14.2. The lowest BCUT2D eigenvalue weighted by molar-refractivity contribution is -0.566. The van der Waals surface area contributed by atoms with Crippen LogP contribution < -0.4 is 17.0 Å². The highest BCUT2D eigenvalue weighted by atomic mass is 35.5. The Hall–Kier alpha value is -5.97. The molecule has 0 spiro atoms. The second kappa shape index (κ2) is 11.8. The number of halogens is 1. The number of rotatable bonds is 5. The number of hydrogen-bond acceptors (Lipinski definition) is 1. The Balaban J connectivity index is 0.00000455. The van der Waals surface area contributed by atoms with Gasteiger partial charge in [-0.25, -0.2) is 4.98 Å². The first kappa shape index (κ1) is 19.5. The molecule has 0 fully saturated rings. The minimum absolute atomic E-state index is 0. The van der Waals surface area contributed by atoms with Gasteiger partial charge < -0.3 is 12.4 Å². The third-order valence-corrected chi connectivity index (χ3v) is 8.25. The standard InChI is InChI=1S/C42H29N4.ClH/c1-3-14-30(15-4-1)34-21-12-22-35(31-16-5-2-6-17-31)41(34)45-29-44(39-25-9-10-26-40(39)45)32-18-11-19-33(28-32)46-38-24-8-7-20-36(38)37-23-13-27-43-42(37)46;/h1-29H;1H/q+1;/p-1/i1D,2D,3D,4D,5D,6D,14D,15D,16D,17D;. The molecule has 0 unspecified atom stereocenters. The molecule has 0 radical (unpaired) electrons. The maximum atomic E-state index is 8.94. The zero-order valence-corrected chi connectivity index (χ0v) is 25.4. The predicted octanol–water partition coefficient (Wildman–Crippen LogP) is 6.74. The number of pyridine rings is 1. The summed E-state index contributed by atoms with van der Waals surface area (Å²) >= 11 is 0. The molecule has 0 N–H and O–H groups in total. The molecule has 9 rings (SSSR count). The molecule has 224 valence electrons. The van der Waals surface area contributed by atoms with Crippen molar-refractivity contribution in [3.05, 3.63) is 176 Å². The number of imidazole rings is 1. The fourth-order valence-electron chi connectivity index (χ4n) is 6.31. The van der Waals surface area contributed by atoms with E-state index in [1.165, 1.54) is 0 Å². The second-order valence-corrected chi connectivity index (χ2v) is 10.8. The van der Waals surface area contributed by atoms with E-state index in [1.54, 1.807) is 35.3 Å². The van der Waals surface area contributed by atoms with Crippen LogP contribution in [0.25, 0.3) is 72.3 Å². The number of para-hydroxylation sites is 4. The van der Waals surface area contributed by atoms with Crippen LogP contribution in [0.15, 0.2) is 176 Å². The summed E-state index contributed by atoms with van der Waals surface area (Å²) in [5.41, 5.74) is 5.31. The Morgan fingerprint density at radius 2 is 1.19 bits per heavy atom. The van der Waals surface area contributed by atoms with Gasteiger partial charge in [0.15, 0.2) is 11.0 Å². The van der Waals surface area contributed by atoms with Crippen molar-refractivity contribution in [3.8, 4) is 39.3 Å². The highest BCUT2D eigenvalue weighted by molar-refractivity contribution is 6.07. The quantitative estimate of drug-likeness (QED) is 0.193. The van der Waals surface area contributed by atoms with Gasteiger partial charge in [-0.1, -0.05) is 115 Å². The minimum atomic E-state index is -0.547. The van der Waals surface area contributed by atoms with Crippen LogP contribution in [0, 0.1) is 0 Å². The Labute approximate surface area is 292 Å². The second-order valence-electron chi connectivity index (χ2n) is 10.8. The van der Waals surface area contributed by atoms with E-state index >= 15 is 0 Å². The number of aromatic nitrogens is 4. The summed E-state index contributed by atoms with van der Waals surface area (Å²) in [7, 11) is 0. The molecule has 0 aliphatic rings. The van der Waals surface area contributed by atoms with Crippen molar-refractivity contribution in [1.82, 2.24) is 14.1 Å². The third kappa shape index (κ3) is 4.70. The molecule has 0 atom stereocenters. The fraction of sp³-hybridized carbons (Fsp3) is 0. The fourth-order valence-corrected chi connectivity index (χ4v) is 6.31. The molecule has 0 aliphatic heterocycles. The Morgan fingerprint density at radius 1 is 0.574 bits per heavy atom. The van der Waals surface area contributed by atoms with Crippen molar-refractivity contribution < 1.29 is 30.7 Å². The average molecular weight is 635 g/mol. The molecule has 0 saturated carbocycles. The summed E-state index contributed by atoms with van der Waals surface area (Å²) in [6, 6.07) is 27.5. The molecule has 5 heteroatoms. The van der Waals surface area contributed by atoms with Crippen molar-refractivity contribution >= 4 is 33.0 Å². The van der Waals surface area contributed by atoms with Crippen LogP contribution >= 0.6 is 0 Å². The monoisotopic (exact) mass is 634 g/mol. The Morgan fingerprint density at radius 3 is 1.94 bits per heavy atom. The number of fused-ring (bicyclic) bond motifs is 4. The van der Waals surface area contributed by atoms with Gasteiger partial charge in [0.1, 0.15) is 17.0 Å². The zero-order chi connectivity index (χ0) is 39.2. The lowest BCUT2D eigenvalue weighted by Crippen LogP contribution is -3.00. The van der Waals surface area contributed by atoms with Crippen molar-refractivity contribution in [1.29, 1.82) is 0 Å². The summed E-state index contributed by atoms with van der Waals surface area (Å²) in [4.78, 5) is 4.75. The average Bonchev–Trinajstić information content (AvgIpc) is 3.77. The van der Waals surface area contributed by atoms with Gasteiger partial charge >= 0.3 is 0 Å². The van der Waals surface area contributed by atoms with Crippen LogP contribution in [-0.2, 0) is 0 Å². The van der Waals surface area contributed by atoms with Gasteiger partial charge in [-0.15, -0.1) is 0 Å². The van der Waals surface area contributed by atoms with E-state index in [2.05, 4.69) is 16.7 Å². The predicted molar refractivity (Wildman–Crippen MR) is 188 cm³/mol. The molecule has 4 nitrogen and oxygen atoms in total. The maximum Gasteiger partial charge on any atom is 0.255 e. The lowest BCUT2D eigenvalue weighted by Gasteiger charge is -2.13. The third-order valence-electron chi connectivity index (χ3n) is 8.25. The van der Waals surface area contributed by atoms with Crippen molar-refractivity contribution in [2.45, 2.75) is 0 Å². The van der Waals surface area contributed by atoms with E-state index in [4.69, 9.17) is 18.7 Å². The largest absolute Gasteiger partial charge is 1.00 e. The van der Waals surface area contributed by atoms with Gasteiger partial charge in [-0.05, 0) is 53.6 Å². The SMILES string of the molecule is [2H]c1c([2H])c([2H])c(-c2cccc(-c3c([2H])c([2H])c([2H])c([2H])c3[2H])c2-[n+]2cn(-c3cccc(-n4c5ccccc5c5cccnc54)c3)c3ccccc32)c([2H])c1[2H].[Cl-]. The first-order valence-electron chi connectivity index (χ1n) is 19.7. The number of nitrogens with zero attached hydrogens (tertiary/aromatic N) is 4. The molecule has 0 saturated heterocycles. The highest BCUT2D eigenvalue weighted by Crippen LogP contribution is 2.35. The van der Waals surface area contributed by atoms with Gasteiger partial charge in [0, 0.05) is 34.2 Å². The van der Waals surface area contributed by atoms with Crippen molar-refractivity contribution in [2.24, 2.45) is 0 Å². The van der Waals surface area contributed by atoms with Crippen molar-refractivity contribution in [3.63, 3.8) is 0 Å². The molecule has 0 amide bonds. The first-order valence-corrected chi connectivity index (χ1v) is 14.7.